The number of unbranched alkanes of at least 4 members (excludes halogenated alkanes) is 2. The first-order valence-corrected chi connectivity index (χ1v) is 4.34. The maximum Gasteiger partial charge on any atom is 0.0621 e. The van der Waals surface area contributed by atoms with Crippen LogP contribution in [0.2, 0.25) is 0 Å². The summed E-state index contributed by atoms with van der Waals surface area (Å²) in [5.74, 6) is 0. The molecule has 62 valence electrons. The molecule has 0 bridgehead atoms. The molecule has 0 heterocycles. The monoisotopic (exact) mass is 161 g/mol. The molecule has 12 heavy (non-hydrogen) atoms. The third-order valence-electron chi connectivity index (χ3n) is 1.85. The minimum absolute atomic E-state index is 0.687. The summed E-state index contributed by atoms with van der Waals surface area (Å²) in [5.41, 5.74) is 1.37. The largest absolute Gasteiger partial charge is 0.198 e. The highest BCUT2D eigenvalue weighted by Gasteiger charge is 1.90. The van der Waals surface area contributed by atoms with Crippen LogP contribution in [0, 0.1) is 11.3 Å². The van der Waals surface area contributed by atoms with Gasteiger partial charge in [-0.05, 0) is 24.8 Å². The van der Waals surface area contributed by atoms with Crippen molar-refractivity contribution in [2.45, 2.75) is 25.7 Å². The summed E-state index contributed by atoms with van der Waals surface area (Å²) >= 11 is 0. The predicted molar refractivity (Wildman–Crippen MR) is 49.6 cm³/mol. The number of aryl methyl sites for hydroxylation is 1. The Kier molecular flexibility index (Phi) is 3.94. The van der Waals surface area contributed by atoms with Crippen molar-refractivity contribution in [3.05, 3.63) is 35.9 Å². The van der Waals surface area contributed by atoms with Gasteiger partial charge in [-0.3, -0.25) is 0 Å². The smallest absolute Gasteiger partial charge is 0.0621 e. The molecule has 0 radical (unpaired) electrons. The molecule has 0 aliphatic heterocycles. The van der Waals surface area contributed by atoms with Gasteiger partial charge in [-0.1, -0.05) is 30.3 Å². The van der Waals surface area contributed by atoms with Crippen LogP contribution in [0.25, 0.3) is 0 Å². The van der Waals surface area contributed by atoms with Gasteiger partial charge in [0.1, 0.15) is 0 Å². The molecule has 0 unspecified atom stereocenters. The van der Waals surface area contributed by atoms with E-state index in [-0.39, 0.29) is 0 Å². The second kappa shape index (κ2) is 5.37. The third-order valence-corrected chi connectivity index (χ3v) is 1.85. The van der Waals surface area contributed by atoms with Gasteiger partial charge in [-0.2, -0.15) is 5.26 Å². The Bertz CT molecular complexity index is 245. The molecular formula is C11H13N. The third kappa shape index (κ3) is 3.21. The lowest BCUT2D eigenvalue weighted by Gasteiger charge is -1.97. The fourth-order valence-corrected chi connectivity index (χ4v) is 1.18. The van der Waals surface area contributed by atoms with Crippen molar-refractivity contribution in [2.75, 3.05) is 0 Å². The first-order chi connectivity index (χ1) is 5.93. The van der Waals surface area contributed by atoms with Crippen LogP contribution in [0.15, 0.2) is 30.3 Å². The Morgan fingerprint density at radius 1 is 1.08 bits per heavy atom. The zero-order valence-electron chi connectivity index (χ0n) is 7.16. The number of rotatable bonds is 4. The maximum absolute atomic E-state index is 8.31. The molecule has 0 spiro atoms. The summed E-state index contributed by atoms with van der Waals surface area (Å²) in [6.45, 7) is 0. The summed E-state index contributed by atoms with van der Waals surface area (Å²) < 4.78 is 0. The molecule has 0 saturated carbocycles. The van der Waals surface area contributed by atoms with Gasteiger partial charge >= 0.3 is 0 Å². The number of benzene rings is 1. The van der Waals surface area contributed by atoms with Crippen LogP contribution < -0.4 is 0 Å². The topological polar surface area (TPSA) is 23.8 Å². The van der Waals surface area contributed by atoms with Gasteiger partial charge in [0.05, 0.1) is 6.07 Å². The lowest BCUT2D eigenvalue weighted by molar-refractivity contribution is 0.753. The molecule has 1 aromatic rings. The van der Waals surface area contributed by atoms with E-state index in [2.05, 4.69) is 30.3 Å². The quantitative estimate of drug-likeness (QED) is 0.623. The fourth-order valence-electron chi connectivity index (χ4n) is 1.18. The minimum atomic E-state index is 0.687. The van der Waals surface area contributed by atoms with E-state index in [1.165, 1.54) is 5.56 Å². The number of nitrogens with zero attached hydrogens (tertiary/aromatic N) is 1. The van der Waals surface area contributed by atoms with Gasteiger partial charge in [-0.15, -0.1) is 0 Å². The van der Waals surface area contributed by atoms with Crippen LogP contribution in [0.5, 0.6) is 0 Å². The molecular weight excluding hydrogens is 148 g/mol. The van der Waals surface area contributed by atoms with E-state index in [1.54, 1.807) is 0 Å². The van der Waals surface area contributed by atoms with Gasteiger partial charge in [0, 0.05) is 6.42 Å². The SMILES string of the molecule is N#[14C]CCCCc1ccccc1. The summed E-state index contributed by atoms with van der Waals surface area (Å²) in [7, 11) is 0. The zero-order valence-corrected chi connectivity index (χ0v) is 7.16. The molecule has 1 heteroatoms. The van der Waals surface area contributed by atoms with Gasteiger partial charge in [0.2, 0.25) is 0 Å². The van der Waals surface area contributed by atoms with Crippen molar-refractivity contribution >= 4 is 0 Å². The van der Waals surface area contributed by atoms with Gasteiger partial charge in [0.25, 0.3) is 0 Å². The highest BCUT2D eigenvalue weighted by molar-refractivity contribution is 5.14. The van der Waals surface area contributed by atoms with Crippen molar-refractivity contribution < 1.29 is 0 Å². The maximum atomic E-state index is 8.31. The van der Waals surface area contributed by atoms with Crippen molar-refractivity contribution in [3.8, 4) is 6.07 Å². The molecule has 1 nitrogen and oxygen atoms in total. The van der Waals surface area contributed by atoms with Crippen molar-refractivity contribution in [2.24, 2.45) is 0 Å². The second-order valence-corrected chi connectivity index (χ2v) is 2.85. The van der Waals surface area contributed by atoms with E-state index in [0.29, 0.717) is 6.42 Å². The standard InChI is InChI=1S/C11H13N/c12-10-6-2-5-9-11-7-3-1-4-8-11/h1,3-4,7-8H,2,5-6,9H2/i10+2. The summed E-state index contributed by atoms with van der Waals surface area (Å²) in [5, 5.41) is 8.31. The molecule has 0 saturated heterocycles. The van der Waals surface area contributed by atoms with Crippen LogP contribution in [0.1, 0.15) is 24.8 Å². The minimum Gasteiger partial charge on any atom is -0.198 e. The van der Waals surface area contributed by atoms with E-state index >= 15 is 0 Å². The van der Waals surface area contributed by atoms with E-state index in [9.17, 15) is 0 Å². The lowest BCUT2D eigenvalue weighted by Crippen LogP contribution is -1.83. The average molecular weight is 161 g/mol. The van der Waals surface area contributed by atoms with Crippen molar-refractivity contribution in [3.63, 3.8) is 0 Å². The Hall–Kier alpha value is -1.29. The van der Waals surface area contributed by atoms with Crippen LogP contribution in [-0.2, 0) is 6.42 Å². The molecule has 1 aromatic carbocycles. The first-order valence-electron chi connectivity index (χ1n) is 4.34. The highest BCUT2D eigenvalue weighted by atomic mass is 14.8. The van der Waals surface area contributed by atoms with Gasteiger partial charge < -0.3 is 0 Å². The van der Waals surface area contributed by atoms with Crippen LogP contribution >= 0.6 is 0 Å². The van der Waals surface area contributed by atoms with Crippen molar-refractivity contribution in [1.82, 2.24) is 0 Å². The Morgan fingerprint density at radius 3 is 2.50 bits per heavy atom. The number of hydrogen-bond acceptors (Lipinski definition) is 1. The molecule has 1 rings (SSSR count). The highest BCUT2D eigenvalue weighted by Crippen LogP contribution is 2.05. The Labute approximate surface area is 73.6 Å². The zero-order chi connectivity index (χ0) is 8.65. The summed E-state index contributed by atoms with van der Waals surface area (Å²) in [6, 6.07) is 12.6. The molecule has 0 amide bonds. The van der Waals surface area contributed by atoms with Gasteiger partial charge in [0.15, 0.2) is 0 Å². The molecule has 0 fully saturated rings. The van der Waals surface area contributed by atoms with Crippen LogP contribution in [-0.4, -0.2) is 0 Å². The average Bonchev–Trinajstić information content (AvgIpc) is 2.14. The molecule has 0 N–H and O–H groups in total. The predicted octanol–water partition coefficient (Wildman–Crippen LogP) is 2.92. The molecule has 0 atom stereocenters. The van der Waals surface area contributed by atoms with Crippen molar-refractivity contribution in [1.29, 1.82) is 5.26 Å². The fraction of sp³-hybridized carbons (Fsp3) is 0.364. The number of nitriles is 1. The van der Waals surface area contributed by atoms with Gasteiger partial charge in [-0.25, -0.2) is 0 Å². The van der Waals surface area contributed by atoms with E-state index in [1.807, 2.05) is 6.07 Å². The number of hydrogen-bond donors (Lipinski definition) is 0. The Balaban J connectivity index is 2.21. The normalized spacial score (nSPS) is 9.25. The lowest BCUT2D eigenvalue weighted by atomic mass is 10.1. The molecule has 0 aliphatic rings. The van der Waals surface area contributed by atoms with E-state index in [4.69, 9.17) is 5.26 Å². The van der Waals surface area contributed by atoms with Crippen LogP contribution in [0.4, 0.5) is 0 Å². The van der Waals surface area contributed by atoms with E-state index in [0.717, 1.165) is 19.3 Å². The summed E-state index contributed by atoms with van der Waals surface area (Å²) in [6.07, 6.45) is 3.93. The first kappa shape index (κ1) is 8.80. The van der Waals surface area contributed by atoms with Crippen LogP contribution in [0.3, 0.4) is 0 Å². The second-order valence-electron chi connectivity index (χ2n) is 2.85. The summed E-state index contributed by atoms with van der Waals surface area (Å²) in [4.78, 5) is 0. The Morgan fingerprint density at radius 2 is 1.83 bits per heavy atom. The van der Waals surface area contributed by atoms with E-state index < -0.39 is 0 Å². The molecule has 0 aliphatic carbocycles. The molecule has 0 aromatic heterocycles.